The van der Waals surface area contributed by atoms with Crippen LogP contribution >= 0.6 is 23.1 Å². The van der Waals surface area contributed by atoms with Gasteiger partial charge in [0.15, 0.2) is 5.13 Å². The van der Waals surface area contributed by atoms with E-state index >= 15 is 0 Å². The first-order chi connectivity index (χ1) is 14.6. The number of halogens is 1. The van der Waals surface area contributed by atoms with E-state index in [4.69, 9.17) is 0 Å². The molecular formula is C23H20FN3OS2. The fourth-order valence-electron chi connectivity index (χ4n) is 3.09. The van der Waals surface area contributed by atoms with Gasteiger partial charge in [0.05, 0.1) is 17.7 Å². The third kappa shape index (κ3) is 4.68. The molecule has 0 aliphatic carbocycles. The summed E-state index contributed by atoms with van der Waals surface area (Å²) in [4.78, 5) is 24.6. The first-order valence-electron chi connectivity index (χ1n) is 9.60. The van der Waals surface area contributed by atoms with Crippen LogP contribution < -0.4 is 4.90 Å². The monoisotopic (exact) mass is 437 g/mol. The van der Waals surface area contributed by atoms with E-state index in [1.165, 1.54) is 22.3 Å². The zero-order valence-electron chi connectivity index (χ0n) is 16.4. The van der Waals surface area contributed by atoms with E-state index in [1.54, 1.807) is 35.1 Å². The van der Waals surface area contributed by atoms with Gasteiger partial charge in [0.2, 0.25) is 5.91 Å². The zero-order chi connectivity index (χ0) is 20.9. The Morgan fingerprint density at radius 2 is 1.83 bits per heavy atom. The van der Waals surface area contributed by atoms with Gasteiger partial charge >= 0.3 is 0 Å². The summed E-state index contributed by atoms with van der Waals surface area (Å²) >= 11 is 3.09. The maximum absolute atomic E-state index is 14.2. The number of aromatic nitrogens is 2. The van der Waals surface area contributed by atoms with Gasteiger partial charge in [-0.05, 0) is 53.3 Å². The highest BCUT2D eigenvalue weighted by molar-refractivity contribution is 7.99. The van der Waals surface area contributed by atoms with Gasteiger partial charge in [0.25, 0.3) is 0 Å². The summed E-state index contributed by atoms with van der Waals surface area (Å²) in [6.45, 7) is 2.46. The van der Waals surface area contributed by atoms with Crippen LogP contribution in [0.2, 0.25) is 0 Å². The third-order valence-corrected chi connectivity index (χ3v) is 6.51. The van der Waals surface area contributed by atoms with E-state index in [0.29, 0.717) is 17.2 Å². The van der Waals surface area contributed by atoms with Gasteiger partial charge in [-0.15, -0.1) is 11.8 Å². The molecule has 0 aliphatic rings. The SMILES string of the molecule is CCSc1ccc(CC(=O)N(Cc2ccncc2)c2nc3c(F)cccc3s2)cc1. The summed E-state index contributed by atoms with van der Waals surface area (Å²) < 4.78 is 14.9. The van der Waals surface area contributed by atoms with Crippen LogP contribution in [0, 0.1) is 5.82 Å². The number of carbonyl (C=O) groups excluding carboxylic acids is 1. The van der Waals surface area contributed by atoms with Crippen LogP contribution in [0.1, 0.15) is 18.1 Å². The van der Waals surface area contributed by atoms with Crippen molar-refractivity contribution in [3.05, 3.63) is 83.9 Å². The van der Waals surface area contributed by atoms with E-state index in [9.17, 15) is 9.18 Å². The highest BCUT2D eigenvalue weighted by Crippen LogP contribution is 2.31. The second-order valence-electron chi connectivity index (χ2n) is 6.67. The van der Waals surface area contributed by atoms with E-state index in [1.807, 2.05) is 42.5 Å². The molecule has 0 N–H and O–H groups in total. The van der Waals surface area contributed by atoms with E-state index in [-0.39, 0.29) is 18.1 Å². The molecular weight excluding hydrogens is 417 g/mol. The minimum atomic E-state index is -0.379. The molecule has 0 fully saturated rings. The lowest BCUT2D eigenvalue weighted by Crippen LogP contribution is -2.31. The van der Waals surface area contributed by atoms with Crippen LogP contribution in [-0.2, 0) is 17.8 Å². The number of rotatable bonds is 7. The average Bonchev–Trinajstić information content (AvgIpc) is 3.20. The van der Waals surface area contributed by atoms with Gasteiger partial charge in [-0.2, -0.15) is 0 Å². The van der Waals surface area contributed by atoms with Crippen LogP contribution in [0.15, 0.2) is 71.9 Å². The molecule has 0 saturated heterocycles. The Labute approximate surface area is 182 Å². The van der Waals surface area contributed by atoms with Gasteiger partial charge in [0, 0.05) is 17.3 Å². The maximum atomic E-state index is 14.2. The van der Waals surface area contributed by atoms with Crippen LogP contribution in [0.5, 0.6) is 0 Å². The standard InChI is InChI=1S/C23H20FN3OS2/c1-2-29-18-8-6-16(7-9-18)14-21(28)27(15-17-10-12-25-13-11-17)23-26-22-19(24)4-3-5-20(22)30-23/h3-13H,2,14-15H2,1H3. The van der Waals surface area contributed by atoms with Crippen molar-refractivity contribution >= 4 is 44.4 Å². The molecule has 152 valence electrons. The second kappa shape index (κ2) is 9.36. The first-order valence-corrected chi connectivity index (χ1v) is 11.4. The Morgan fingerprint density at radius 3 is 2.53 bits per heavy atom. The van der Waals surface area contributed by atoms with Gasteiger partial charge < -0.3 is 0 Å². The number of pyridine rings is 1. The number of fused-ring (bicyclic) bond motifs is 1. The van der Waals surface area contributed by atoms with Gasteiger partial charge in [0.1, 0.15) is 11.3 Å². The summed E-state index contributed by atoms with van der Waals surface area (Å²) in [6, 6.07) is 16.6. The molecule has 0 saturated carbocycles. The Balaban J connectivity index is 1.63. The first kappa shape index (κ1) is 20.5. The van der Waals surface area contributed by atoms with Crippen molar-refractivity contribution in [3.63, 3.8) is 0 Å². The molecule has 4 rings (SSSR count). The van der Waals surface area contributed by atoms with Crippen molar-refractivity contribution in [1.29, 1.82) is 0 Å². The quantitative estimate of drug-likeness (QED) is 0.347. The molecule has 2 heterocycles. The lowest BCUT2D eigenvalue weighted by molar-refractivity contribution is -0.118. The molecule has 2 aromatic carbocycles. The maximum Gasteiger partial charge on any atom is 0.233 e. The molecule has 30 heavy (non-hydrogen) atoms. The molecule has 2 aromatic heterocycles. The predicted molar refractivity (Wildman–Crippen MR) is 122 cm³/mol. The lowest BCUT2D eigenvalue weighted by Gasteiger charge is -2.20. The van der Waals surface area contributed by atoms with Gasteiger partial charge in [-0.25, -0.2) is 9.37 Å². The fourth-order valence-corrected chi connectivity index (χ4v) is 4.75. The largest absolute Gasteiger partial charge is 0.283 e. The third-order valence-electron chi connectivity index (χ3n) is 4.57. The van der Waals surface area contributed by atoms with E-state index in [2.05, 4.69) is 16.9 Å². The van der Waals surface area contributed by atoms with Gasteiger partial charge in [-0.3, -0.25) is 14.7 Å². The number of thiazole rings is 1. The molecule has 4 aromatic rings. The van der Waals surface area contributed by atoms with E-state index < -0.39 is 0 Å². The van der Waals surface area contributed by atoms with Crippen LogP contribution in [0.4, 0.5) is 9.52 Å². The lowest BCUT2D eigenvalue weighted by atomic mass is 10.1. The Hall–Kier alpha value is -2.77. The highest BCUT2D eigenvalue weighted by atomic mass is 32.2. The Morgan fingerprint density at radius 1 is 1.07 bits per heavy atom. The van der Waals surface area contributed by atoms with Crippen molar-refractivity contribution in [2.75, 3.05) is 10.7 Å². The summed E-state index contributed by atoms with van der Waals surface area (Å²) in [6.07, 6.45) is 3.64. The number of hydrogen-bond donors (Lipinski definition) is 0. The molecule has 1 amide bonds. The summed E-state index contributed by atoms with van der Waals surface area (Å²) in [5.74, 6) is 0.545. The summed E-state index contributed by atoms with van der Waals surface area (Å²) in [7, 11) is 0. The molecule has 7 heteroatoms. The number of anilines is 1. The summed E-state index contributed by atoms with van der Waals surface area (Å²) in [5, 5.41) is 0.495. The number of amides is 1. The number of hydrogen-bond acceptors (Lipinski definition) is 5. The number of carbonyl (C=O) groups is 1. The average molecular weight is 438 g/mol. The van der Waals surface area contributed by atoms with Gasteiger partial charge in [-0.1, -0.05) is 36.5 Å². The zero-order valence-corrected chi connectivity index (χ0v) is 18.0. The molecule has 0 radical (unpaired) electrons. The molecule has 0 spiro atoms. The van der Waals surface area contributed by atoms with Crippen molar-refractivity contribution < 1.29 is 9.18 Å². The minimum absolute atomic E-state index is 0.0813. The smallest absolute Gasteiger partial charge is 0.233 e. The highest BCUT2D eigenvalue weighted by Gasteiger charge is 2.21. The van der Waals surface area contributed by atoms with Crippen molar-refractivity contribution in [1.82, 2.24) is 9.97 Å². The molecule has 0 atom stereocenters. The predicted octanol–water partition coefficient (Wildman–Crippen LogP) is 5.72. The van der Waals surface area contributed by atoms with Crippen molar-refractivity contribution in [2.24, 2.45) is 0 Å². The number of nitrogens with zero attached hydrogens (tertiary/aromatic N) is 3. The fraction of sp³-hybridized carbons (Fsp3) is 0.174. The van der Waals surface area contributed by atoms with Crippen LogP contribution in [-0.4, -0.2) is 21.6 Å². The molecule has 0 aliphatic heterocycles. The van der Waals surface area contributed by atoms with Crippen LogP contribution in [0.3, 0.4) is 0 Å². The number of benzene rings is 2. The topological polar surface area (TPSA) is 46.1 Å². The second-order valence-corrected chi connectivity index (χ2v) is 9.02. The Kier molecular flexibility index (Phi) is 6.40. The minimum Gasteiger partial charge on any atom is -0.283 e. The number of thioether (sulfide) groups is 1. The Bertz CT molecular complexity index is 1150. The molecule has 0 unspecified atom stereocenters. The molecule has 4 nitrogen and oxygen atoms in total. The normalized spacial score (nSPS) is 11.0. The number of para-hydroxylation sites is 1. The van der Waals surface area contributed by atoms with E-state index in [0.717, 1.165) is 21.6 Å². The van der Waals surface area contributed by atoms with Crippen LogP contribution in [0.25, 0.3) is 10.2 Å². The van der Waals surface area contributed by atoms with Crippen molar-refractivity contribution in [2.45, 2.75) is 24.8 Å². The van der Waals surface area contributed by atoms with Crippen molar-refractivity contribution in [3.8, 4) is 0 Å². The molecule has 0 bridgehead atoms. The summed E-state index contributed by atoms with van der Waals surface area (Å²) in [5.41, 5.74) is 2.17.